The highest BCUT2D eigenvalue weighted by molar-refractivity contribution is 6.99. The van der Waals surface area contributed by atoms with Crippen molar-refractivity contribution in [3.63, 3.8) is 0 Å². The maximum absolute atomic E-state index is 14.3. The van der Waals surface area contributed by atoms with E-state index in [-0.39, 0.29) is 17.6 Å². The minimum absolute atomic E-state index is 0.0886. The maximum atomic E-state index is 14.3. The lowest BCUT2D eigenvalue weighted by atomic mass is 9.75. The van der Waals surface area contributed by atoms with Crippen molar-refractivity contribution >= 4 is 42.9 Å². The Hall–Kier alpha value is -3.90. The summed E-state index contributed by atoms with van der Waals surface area (Å²) >= 11 is 0. The van der Waals surface area contributed by atoms with Crippen LogP contribution in [0.5, 0.6) is 0 Å². The molecule has 2 aromatic carbocycles. The summed E-state index contributed by atoms with van der Waals surface area (Å²) in [5, 5.41) is 2.06. The first-order valence-corrected chi connectivity index (χ1v) is 21.5. The van der Waals surface area contributed by atoms with Gasteiger partial charge in [0.15, 0.2) is 5.79 Å². The molecule has 0 amide bonds. The molecule has 0 bridgehead atoms. The van der Waals surface area contributed by atoms with Gasteiger partial charge in [-0.2, -0.15) is 0 Å². The average Bonchev–Trinajstić information content (AvgIpc) is 3.13. The van der Waals surface area contributed by atoms with Crippen LogP contribution in [0.1, 0.15) is 83.1 Å². The number of benzene rings is 2. The van der Waals surface area contributed by atoms with Gasteiger partial charge in [-0.15, -0.1) is 0 Å². The molecule has 10 nitrogen and oxygen atoms in total. The highest BCUT2D eigenvalue weighted by Gasteiger charge is 2.55. The molecule has 1 aliphatic heterocycles. The van der Waals surface area contributed by atoms with Crippen molar-refractivity contribution in [2.24, 2.45) is 29.6 Å². The van der Waals surface area contributed by atoms with Gasteiger partial charge in [0, 0.05) is 44.1 Å². The van der Waals surface area contributed by atoms with Gasteiger partial charge in [0.1, 0.15) is 31.0 Å². The SMILES string of the molecule is C=CCOC(=O)[C@@H]([C@H](OC(C)=O)[C@H](C)[C@@H](OC(C)=O)[C@@H](C)/C=C(\C)C=O)[C@@H]1OC(C)(C)O[C@H]([C@H](C)CO[Si](c2ccccc2)(c2ccccc2)C(C)(C)C)[C@H]1C. The minimum atomic E-state index is -2.90. The monoisotopic (exact) mass is 792 g/mol. The van der Waals surface area contributed by atoms with E-state index in [0.29, 0.717) is 18.5 Å². The predicted octanol–water partition coefficient (Wildman–Crippen LogP) is 6.98. The normalized spacial score (nSPS) is 22.0. The van der Waals surface area contributed by atoms with Crippen molar-refractivity contribution in [2.45, 2.75) is 118 Å². The zero-order valence-electron chi connectivity index (χ0n) is 35.4. The minimum Gasteiger partial charge on any atom is -0.462 e. The second-order valence-electron chi connectivity index (χ2n) is 16.7. The number of ether oxygens (including phenoxy) is 5. The fourth-order valence-electron chi connectivity index (χ4n) is 8.25. The topological polar surface area (TPSA) is 124 Å². The van der Waals surface area contributed by atoms with Crippen LogP contribution in [0.4, 0.5) is 0 Å². The van der Waals surface area contributed by atoms with E-state index in [1.807, 2.05) is 43.3 Å². The summed E-state index contributed by atoms with van der Waals surface area (Å²) in [6.07, 6.45) is 0.430. The van der Waals surface area contributed by atoms with E-state index in [0.717, 1.165) is 10.4 Å². The zero-order chi connectivity index (χ0) is 42.0. The van der Waals surface area contributed by atoms with Crippen molar-refractivity contribution in [3.05, 3.63) is 85.0 Å². The summed E-state index contributed by atoms with van der Waals surface area (Å²) in [5.74, 6) is -6.12. The van der Waals surface area contributed by atoms with Crippen LogP contribution in [0.15, 0.2) is 85.0 Å². The molecule has 0 spiro atoms. The molecular formula is C45H64O10Si. The number of aldehydes is 1. The molecule has 0 aliphatic carbocycles. The highest BCUT2D eigenvalue weighted by atomic mass is 28.4. The quantitative estimate of drug-likeness (QED) is 0.0390. The second kappa shape index (κ2) is 20.0. The van der Waals surface area contributed by atoms with E-state index >= 15 is 0 Å². The number of carbonyl (C=O) groups excluding carboxylic acids is 4. The standard InChI is InChI=1S/C45H64O10Si/c1-14-25-50-43(49)38(41(53-35(8)48)32(5)39(52-34(7)47)30(3)26-29(2)27-46)42-33(6)40(54-45(12,13)55-42)31(4)28-51-56(44(9,10)11,36-21-17-15-18-22-36)37-23-19-16-20-24-37/h14-24,26-27,30-33,38-42H,1,25,28H2,2-13H3/b29-26+/t30-,31+,32+,33+,38-,39-,40+,41+,42+/m0/s1. The Morgan fingerprint density at radius 2 is 1.36 bits per heavy atom. The first-order valence-electron chi connectivity index (χ1n) is 19.6. The number of rotatable bonds is 18. The molecule has 9 atom stereocenters. The van der Waals surface area contributed by atoms with Gasteiger partial charge in [0.25, 0.3) is 8.32 Å². The fraction of sp³-hybridized carbons (Fsp3) is 0.556. The molecule has 0 radical (unpaired) electrons. The zero-order valence-corrected chi connectivity index (χ0v) is 36.4. The number of allylic oxidation sites excluding steroid dienone is 1. The van der Waals surface area contributed by atoms with Crippen molar-refractivity contribution in [2.75, 3.05) is 13.2 Å². The Morgan fingerprint density at radius 3 is 1.82 bits per heavy atom. The molecular weight excluding hydrogens is 729 g/mol. The van der Waals surface area contributed by atoms with E-state index in [9.17, 15) is 19.2 Å². The van der Waals surface area contributed by atoms with Gasteiger partial charge < -0.3 is 28.1 Å². The van der Waals surface area contributed by atoms with Crippen molar-refractivity contribution in [3.8, 4) is 0 Å². The summed E-state index contributed by atoms with van der Waals surface area (Å²) in [7, 11) is -2.90. The molecule has 0 aromatic heterocycles. The van der Waals surface area contributed by atoms with Crippen LogP contribution in [0.3, 0.4) is 0 Å². The van der Waals surface area contributed by atoms with E-state index in [2.05, 4.69) is 58.5 Å². The molecule has 1 aliphatic rings. The molecule has 11 heteroatoms. The Kier molecular flexibility index (Phi) is 16.6. The summed E-state index contributed by atoms with van der Waals surface area (Å²) in [6, 6.07) is 20.8. The molecule has 1 fully saturated rings. The lowest BCUT2D eigenvalue weighted by Crippen LogP contribution is -2.67. The van der Waals surface area contributed by atoms with Crippen LogP contribution in [0.2, 0.25) is 5.04 Å². The van der Waals surface area contributed by atoms with Crippen LogP contribution < -0.4 is 10.4 Å². The van der Waals surface area contributed by atoms with Gasteiger partial charge >= 0.3 is 17.9 Å². The molecule has 0 saturated carbocycles. The molecule has 3 rings (SSSR count). The molecule has 308 valence electrons. The van der Waals surface area contributed by atoms with Gasteiger partial charge in [-0.3, -0.25) is 19.2 Å². The molecule has 1 heterocycles. The van der Waals surface area contributed by atoms with Gasteiger partial charge in [-0.25, -0.2) is 0 Å². The summed E-state index contributed by atoms with van der Waals surface area (Å²) in [5.41, 5.74) is 0.438. The molecule has 56 heavy (non-hydrogen) atoms. The number of esters is 3. The lowest BCUT2D eigenvalue weighted by Gasteiger charge is -2.51. The number of hydrogen-bond acceptors (Lipinski definition) is 10. The Labute approximate surface area is 335 Å². The van der Waals surface area contributed by atoms with E-state index in [4.69, 9.17) is 28.1 Å². The van der Waals surface area contributed by atoms with Crippen LogP contribution in [-0.2, 0) is 47.3 Å². The lowest BCUT2D eigenvalue weighted by molar-refractivity contribution is -0.339. The van der Waals surface area contributed by atoms with Gasteiger partial charge in [-0.1, -0.05) is 128 Å². The fourth-order valence-corrected chi connectivity index (χ4v) is 12.9. The van der Waals surface area contributed by atoms with E-state index < -0.39 is 80.1 Å². The number of carbonyl (C=O) groups is 4. The first-order chi connectivity index (χ1) is 26.2. The Balaban J connectivity index is 2.14. The van der Waals surface area contributed by atoms with Crippen LogP contribution >= 0.6 is 0 Å². The molecule has 0 unspecified atom stereocenters. The summed E-state index contributed by atoms with van der Waals surface area (Å²) in [4.78, 5) is 51.2. The van der Waals surface area contributed by atoms with Crippen molar-refractivity contribution in [1.82, 2.24) is 0 Å². The molecule has 2 aromatic rings. The largest absolute Gasteiger partial charge is 0.462 e. The van der Waals surface area contributed by atoms with E-state index in [1.54, 1.807) is 40.7 Å². The van der Waals surface area contributed by atoms with Gasteiger partial charge in [-0.05, 0) is 41.8 Å². The smallest absolute Gasteiger partial charge is 0.315 e. The first kappa shape index (κ1) is 46.5. The Morgan fingerprint density at radius 1 is 0.857 bits per heavy atom. The van der Waals surface area contributed by atoms with E-state index in [1.165, 1.54) is 19.9 Å². The van der Waals surface area contributed by atoms with Crippen molar-refractivity contribution < 1.29 is 47.3 Å². The predicted molar refractivity (Wildman–Crippen MR) is 220 cm³/mol. The van der Waals surface area contributed by atoms with Gasteiger partial charge in [0.2, 0.25) is 0 Å². The van der Waals surface area contributed by atoms with Gasteiger partial charge in [0.05, 0.1) is 12.2 Å². The highest BCUT2D eigenvalue weighted by Crippen LogP contribution is 2.43. The third-order valence-corrected chi connectivity index (χ3v) is 15.6. The summed E-state index contributed by atoms with van der Waals surface area (Å²) < 4.78 is 38.2. The Bertz CT molecular complexity index is 1610. The average molecular weight is 793 g/mol. The third-order valence-electron chi connectivity index (χ3n) is 10.6. The van der Waals surface area contributed by atoms with Crippen molar-refractivity contribution in [1.29, 1.82) is 0 Å². The second-order valence-corrected chi connectivity index (χ2v) is 21.0. The van der Waals surface area contributed by atoms with Crippen LogP contribution in [0.25, 0.3) is 0 Å². The maximum Gasteiger partial charge on any atom is 0.315 e. The van der Waals surface area contributed by atoms with Crippen LogP contribution in [-0.4, -0.2) is 75.9 Å². The number of hydrogen-bond donors (Lipinski definition) is 0. The molecule has 1 saturated heterocycles. The van der Waals surface area contributed by atoms with Crippen LogP contribution in [0, 0.1) is 29.6 Å². The molecule has 0 N–H and O–H groups in total. The third kappa shape index (κ3) is 11.4. The summed E-state index contributed by atoms with van der Waals surface area (Å²) in [6.45, 7) is 26.0.